The zero-order chi connectivity index (χ0) is 16.3. The number of sulfonamides is 1. The van der Waals surface area contributed by atoms with Crippen LogP contribution >= 0.6 is 23.2 Å². The molecule has 0 aliphatic carbocycles. The first-order valence-corrected chi connectivity index (χ1v) is 8.05. The van der Waals surface area contributed by atoms with Crippen LogP contribution in [0, 0.1) is 0 Å². The van der Waals surface area contributed by atoms with Crippen molar-refractivity contribution in [3.63, 3.8) is 0 Å². The highest BCUT2D eigenvalue weighted by atomic mass is 35.5. The van der Waals surface area contributed by atoms with Crippen LogP contribution in [-0.4, -0.2) is 15.0 Å². The smallest absolute Gasteiger partial charge is 0.387 e. The van der Waals surface area contributed by atoms with E-state index < -0.39 is 16.6 Å². The average Bonchev–Trinajstić information content (AvgIpc) is 2.43. The highest BCUT2D eigenvalue weighted by Crippen LogP contribution is 2.31. The summed E-state index contributed by atoms with van der Waals surface area (Å²) in [5, 5.41) is 0.117. The summed E-state index contributed by atoms with van der Waals surface area (Å²) in [5.41, 5.74) is -0.140. The van der Waals surface area contributed by atoms with Crippen LogP contribution in [0.25, 0.3) is 0 Å². The van der Waals surface area contributed by atoms with Gasteiger partial charge in [-0.25, -0.2) is 8.42 Å². The van der Waals surface area contributed by atoms with Crippen molar-refractivity contribution in [1.29, 1.82) is 0 Å². The van der Waals surface area contributed by atoms with Gasteiger partial charge in [-0.05, 0) is 30.3 Å². The fourth-order valence-electron chi connectivity index (χ4n) is 1.63. The summed E-state index contributed by atoms with van der Waals surface area (Å²) in [6.07, 6.45) is 0. The molecule has 0 fully saturated rings. The molecule has 118 valence electrons. The van der Waals surface area contributed by atoms with Gasteiger partial charge in [-0.2, -0.15) is 8.78 Å². The molecule has 0 aliphatic heterocycles. The second-order valence-corrected chi connectivity index (χ2v) is 6.55. The lowest BCUT2D eigenvalue weighted by Crippen LogP contribution is -2.15. The van der Waals surface area contributed by atoms with E-state index in [0.717, 1.165) is 6.07 Å². The van der Waals surface area contributed by atoms with Crippen molar-refractivity contribution in [1.82, 2.24) is 0 Å². The number of nitrogens with one attached hydrogen (secondary N) is 1. The molecule has 0 saturated carbocycles. The minimum absolute atomic E-state index is 0.0517. The van der Waals surface area contributed by atoms with Gasteiger partial charge in [-0.15, -0.1) is 0 Å². The number of ether oxygens (including phenoxy) is 1. The molecule has 9 heteroatoms. The van der Waals surface area contributed by atoms with Crippen LogP contribution in [0.3, 0.4) is 0 Å². The van der Waals surface area contributed by atoms with E-state index in [1.807, 2.05) is 0 Å². The van der Waals surface area contributed by atoms with E-state index >= 15 is 0 Å². The van der Waals surface area contributed by atoms with E-state index in [1.165, 1.54) is 36.4 Å². The Balaban J connectivity index is 2.39. The van der Waals surface area contributed by atoms with E-state index in [9.17, 15) is 17.2 Å². The van der Waals surface area contributed by atoms with Crippen molar-refractivity contribution in [3.8, 4) is 5.75 Å². The van der Waals surface area contributed by atoms with E-state index in [-0.39, 0.29) is 26.4 Å². The van der Waals surface area contributed by atoms with Crippen LogP contribution < -0.4 is 9.46 Å². The van der Waals surface area contributed by atoms with Gasteiger partial charge in [0.1, 0.15) is 10.6 Å². The normalized spacial score (nSPS) is 11.5. The number of anilines is 1. The Morgan fingerprint density at radius 2 is 1.77 bits per heavy atom. The molecule has 2 rings (SSSR count). The summed E-state index contributed by atoms with van der Waals surface area (Å²) in [6, 6.07) is 9.30. The zero-order valence-electron chi connectivity index (χ0n) is 10.8. The second-order valence-electron chi connectivity index (χ2n) is 4.05. The van der Waals surface area contributed by atoms with Crippen molar-refractivity contribution in [2.24, 2.45) is 0 Å². The number of para-hydroxylation sites is 2. The van der Waals surface area contributed by atoms with E-state index in [0.29, 0.717) is 0 Å². The second kappa shape index (κ2) is 6.68. The Morgan fingerprint density at radius 1 is 1.09 bits per heavy atom. The maximum atomic E-state index is 12.3. The first-order valence-electron chi connectivity index (χ1n) is 5.81. The maximum absolute atomic E-state index is 12.3. The van der Waals surface area contributed by atoms with Crippen molar-refractivity contribution in [2.75, 3.05) is 4.72 Å². The van der Waals surface area contributed by atoms with Crippen LogP contribution in [0.15, 0.2) is 47.4 Å². The molecule has 0 unspecified atom stereocenters. The number of alkyl halides is 2. The van der Waals surface area contributed by atoms with Gasteiger partial charge in [-0.3, -0.25) is 4.72 Å². The maximum Gasteiger partial charge on any atom is 0.387 e. The quantitative estimate of drug-likeness (QED) is 0.852. The molecule has 0 amide bonds. The number of rotatable bonds is 5. The molecule has 0 bridgehead atoms. The molecule has 0 aliphatic rings. The molecule has 2 aromatic rings. The molecule has 0 heterocycles. The number of benzene rings is 2. The molecule has 0 radical (unpaired) electrons. The predicted molar refractivity (Wildman–Crippen MR) is 80.3 cm³/mol. The van der Waals surface area contributed by atoms with Crippen molar-refractivity contribution in [3.05, 3.63) is 52.5 Å². The van der Waals surface area contributed by atoms with E-state index in [2.05, 4.69) is 9.46 Å². The van der Waals surface area contributed by atoms with Gasteiger partial charge in [0.05, 0.1) is 10.7 Å². The average molecular weight is 368 g/mol. The fraction of sp³-hybridized carbons (Fsp3) is 0.0769. The molecule has 0 aromatic heterocycles. The van der Waals surface area contributed by atoms with Crippen molar-refractivity contribution >= 4 is 38.9 Å². The Hall–Kier alpha value is -1.57. The highest BCUT2D eigenvalue weighted by Gasteiger charge is 2.21. The van der Waals surface area contributed by atoms with Crippen LogP contribution in [0.1, 0.15) is 0 Å². The van der Waals surface area contributed by atoms with Gasteiger partial charge in [0.2, 0.25) is 0 Å². The summed E-state index contributed by atoms with van der Waals surface area (Å²) in [4.78, 5) is -0.270. The zero-order valence-corrected chi connectivity index (χ0v) is 13.1. The SMILES string of the molecule is O=S(=O)(Nc1ccccc1OC(F)F)c1cc(Cl)ccc1Cl. The Labute approximate surface area is 135 Å². The number of hydrogen-bond acceptors (Lipinski definition) is 3. The minimum Gasteiger partial charge on any atom is -0.433 e. The van der Waals surface area contributed by atoms with Crippen LogP contribution in [-0.2, 0) is 10.0 Å². The monoisotopic (exact) mass is 367 g/mol. The van der Waals surface area contributed by atoms with Crippen LogP contribution in [0.2, 0.25) is 10.0 Å². The Kier molecular flexibility index (Phi) is 5.10. The highest BCUT2D eigenvalue weighted by molar-refractivity contribution is 7.92. The summed E-state index contributed by atoms with van der Waals surface area (Å²) in [7, 11) is -4.12. The van der Waals surface area contributed by atoms with Gasteiger partial charge in [-0.1, -0.05) is 35.3 Å². The fourth-order valence-corrected chi connectivity index (χ4v) is 3.47. The summed E-state index contributed by atoms with van der Waals surface area (Å²) in [6.45, 7) is -3.08. The van der Waals surface area contributed by atoms with Gasteiger partial charge >= 0.3 is 6.61 Å². The lowest BCUT2D eigenvalue weighted by Gasteiger charge is -2.13. The van der Waals surface area contributed by atoms with Crippen LogP contribution in [0.5, 0.6) is 5.75 Å². The van der Waals surface area contributed by atoms with Crippen LogP contribution in [0.4, 0.5) is 14.5 Å². The van der Waals surface area contributed by atoms with Gasteiger partial charge in [0.15, 0.2) is 0 Å². The minimum atomic E-state index is -4.12. The van der Waals surface area contributed by atoms with Crippen molar-refractivity contribution < 1.29 is 21.9 Å². The van der Waals surface area contributed by atoms with E-state index in [4.69, 9.17) is 23.2 Å². The topological polar surface area (TPSA) is 55.4 Å². The van der Waals surface area contributed by atoms with Crippen molar-refractivity contribution in [2.45, 2.75) is 11.5 Å². The molecule has 0 saturated heterocycles. The standard InChI is InChI=1S/C13H9Cl2F2NO3S/c14-8-5-6-9(15)12(7-8)22(19,20)18-10-3-1-2-4-11(10)21-13(16)17/h1-7,13,18H. The Morgan fingerprint density at radius 3 is 2.45 bits per heavy atom. The summed E-state index contributed by atoms with van der Waals surface area (Å²) in [5.74, 6) is -0.306. The molecule has 2 aromatic carbocycles. The molecular weight excluding hydrogens is 359 g/mol. The molecule has 0 atom stereocenters. The lowest BCUT2D eigenvalue weighted by atomic mass is 10.3. The first-order chi connectivity index (χ1) is 10.3. The third-order valence-electron chi connectivity index (χ3n) is 2.53. The Bertz CT molecular complexity index is 785. The third kappa shape index (κ3) is 4.00. The molecular formula is C13H9Cl2F2NO3S. The summed E-state index contributed by atoms with van der Waals surface area (Å²) < 4.78 is 55.7. The largest absolute Gasteiger partial charge is 0.433 e. The lowest BCUT2D eigenvalue weighted by molar-refractivity contribution is -0.0493. The summed E-state index contributed by atoms with van der Waals surface area (Å²) >= 11 is 11.6. The van der Waals surface area contributed by atoms with Gasteiger partial charge < -0.3 is 4.74 Å². The molecule has 4 nitrogen and oxygen atoms in total. The van der Waals surface area contributed by atoms with Gasteiger partial charge in [0, 0.05) is 5.02 Å². The number of halogens is 4. The first kappa shape index (κ1) is 16.8. The molecule has 1 N–H and O–H groups in total. The van der Waals surface area contributed by atoms with Gasteiger partial charge in [0.25, 0.3) is 10.0 Å². The third-order valence-corrected chi connectivity index (χ3v) is 4.61. The molecule has 22 heavy (non-hydrogen) atoms. The predicted octanol–water partition coefficient (Wildman–Crippen LogP) is 4.40. The molecule has 0 spiro atoms. The van der Waals surface area contributed by atoms with E-state index in [1.54, 1.807) is 0 Å². The number of hydrogen-bond donors (Lipinski definition) is 1.